The number of fused-ring (bicyclic) bond motifs is 1. The number of hydrogen-bond donors (Lipinski definition) is 2. The number of aromatic nitrogens is 2. The van der Waals surface area contributed by atoms with Crippen molar-refractivity contribution in [3.63, 3.8) is 0 Å². The molecule has 10 heteroatoms. The zero-order chi connectivity index (χ0) is 23.9. The van der Waals surface area contributed by atoms with Gasteiger partial charge in [-0.05, 0) is 31.2 Å². The maximum absolute atomic E-state index is 12.6. The van der Waals surface area contributed by atoms with Crippen LogP contribution in [-0.4, -0.2) is 53.2 Å². The summed E-state index contributed by atoms with van der Waals surface area (Å²) in [4.78, 5) is 26.9. The van der Waals surface area contributed by atoms with Gasteiger partial charge < -0.3 is 20.1 Å². The zero-order valence-electron chi connectivity index (χ0n) is 19.2. The van der Waals surface area contributed by atoms with Crippen LogP contribution in [0.1, 0.15) is 32.9 Å². The lowest BCUT2D eigenvalue weighted by Gasteiger charge is -2.20. The fourth-order valence-corrected chi connectivity index (χ4v) is 4.17. The van der Waals surface area contributed by atoms with Crippen molar-refractivity contribution in [3.05, 3.63) is 63.6 Å². The fourth-order valence-electron chi connectivity index (χ4n) is 3.37. The van der Waals surface area contributed by atoms with Crippen molar-refractivity contribution in [3.8, 4) is 11.5 Å². The second-order valence-electron chi connectivity index (χ2n) is 7.88. The van der Waals surface area contributed by atoms with Gasteiger partial charge in [-0.25, -0.2) is 0 Å². The molecular formula is C24H27N5O4S. The molecule has 1 aliphatic rings. The van der Waals surface area contributed by atoms with E-state index < -0.39 is 0 Å². The summed E-state index contributed by atoms with van der Waals surface area (Å²) < 4.78 is 11.1. The van der Waals surface area contributed by atoms with Gasteiger partial charge >= 0.3 is 0 Å². The number of hydrogen-bond acceptors (Lipinski definition) is 8. The number of carbonyl (C=O) groups excluding carboxylic acids is 2. The van der Waals surface area contributed by atoms with Crippen molar-refractivity contribution >= 4 is 28.8 Å². The van der Waals surface area contributed by atoms with Crippen molar-refractivity contribution in [1.82, 2.24) is 20.4 Å². The minimum atomic E-state index is -0.260. The Balaban J connectivity index is 1.28. The summed E-state index contributed by atoms with van der Waals surface area (Å²) in [5, 5.41) is 14.9. The molecule has 0 saturated heterocycles. The molecule has 2 N–H and O–H groups in total. The molecule has 34 heavy (non-hydrogen) atoms. The Kier molecular flexibility index (Phi) is 7.71. The third-order valence-corrected chi connectivity index (χ3v) is 6.14. The van der Waals surface area contributed by atoms with Crippen molar-refractivity contribution in [2.75, 3.05) is 31.6 Å². The molecule has 0 fully saturated rings. The Hall–Kier alpha value is -3.50. The lowest BCUT2D eigenvalue weighted by molar-refractivity contribution is -0.117. The highest BCUT2D eigenvalue weighted by atomic mass is 32.1. The largest absolute Gasteiger partial charge is 0.486 e. The molecule has 0 spiro atoms. The van der Waals surface area contributed by atoms with Crippen LogP contribution in [0.4, 0.5) is 5.69 Å². The number of nitrogens with one attached hydrogen (secondary N) is 2. The number of likely N-dealkylation sites (N-methyl/N-ethyl adjacent to an activating group) is 1. The lowest BCUT2D eigenvalue weighted by atomic mass is 10.1. The highest BCUT2D eigenvalue weighted by Crippen LogP contribution is 2.32. The Morgan fingerprint density at radius 1 is 1.06 bits per heavy atom. The van der Waals surface area contributed by atoms with E-state index in [0.717, 1.165) is 5.56 Å². The van der Waals surface area contributed by atoms with E-state index in [2.05, 4.69) is 20.8 Å². The van der Waals surface area contributed by atoms with E-state index >= 15 is 0 Å². The smallest absolute Gasteiger partial charge is 0.282 e. The summed E-state index contributed by atoms with van der Waals surface area (Å²) in [6, 6.07) is 13.3. The second-order valence-corrected chi connectivity index (χ2v) is 8.94. The summed E-state index contributed by atoms with van der Waals surface area (Å²) >= 11 is 1.23. The predicted octanol–water partition coefficient (Wildman–Crippen LogP) is 3.01. The van der Waals surface area contributed by atoms with Gasteiger partial charge in [0.15, 0.2) is 11.5 Å². The van der Waals surface area contributed by atoms with Gasteiger partial charge in [0.2, 0.25) is 10.9 Å². The third kappa shape index (κ3) is 6.30. The molecule has 178 valence electrons. The highest BCUT2D eigenvalue weighted by Gasteiger charge is 2.17. The minimum Gasteiger partial charge on any atom is -0.486 e. The summed E-state index contributed by atoms with van der Waals surface area (Å²) in [5.41, 5.74) is 2.84. The maximum Gasteiger partial charge on any atom is 0.282 e. The van der Waals surface area contributed by atoms with Crippen LogP contribution in [0.3, 0.4) is 0 Å². The normalized spacial score (nSPS) is 12.4. The topological polar surface area (TPSA) is 106 Å². The van der Waals surface area contributed by atoms with Gasteiger partial charge in [-0.2, -0.15) is 0 Å². The molecule has 0 unspecified atom stereocenters. The van der Waals surface area contributed by atoms with Gasteiger partial charge in [-0.1, -0.05) is 48.1 Å². The molecule has 4 rings (SSSR count). The molecule has 0 saturated carbocycles. The first-order valence-electron chi connectivity index (χ1n) is 11.1. The Morgan fingerprint density at radius 3 is 2.59 bits per heavy atom. The van der Waals surface area contributed by atoms with Gasteiger partial charge in [-0.3, -0.25) is 14.5 Å². The number of carbonyl (C=O) groups is 2. The van der Waals surface area contributed by atoms with Crippen LogP contribution >= 0.6 is 11.3 Å². The number of ether oxygens (including phenoxy) is 2. The lowest BCUT2D eigenvalue weighted by Crippen LogP contribution is -2.32. The average Bonchev–Trinajstić information content (AvgIpc) is 3.31. The number of anilines is 1. The van der Waals surface area contributed by atoms with E-state index in [0.29, 0.717) is 60.0 Å². The molecular weight excluding hydrogens is 454 g/mol. The van der Waals surface area contributed by atoms with Crippen LogP contribution in [0.15, 0.2) is 42.5 Å². The molecule has 0 atom stereocenters. The summed E-state index contributed by atoms with van der Waals surface area (Å²) in [6.07, 6.45) is 0. The predicted molar refractivity (Wildman–Crippen MR) is 129 cm³/mol. The number of rotatable bonds is 9. The SMILES string of the molecule is CCN(CC(=O)Nc1ccc2c(c1)OCCO2)Cc1nnc(C(=O)NCc2ccc(C)cc2)s1. The average molecular weight is 482 g/mol. The van der Waals surface area contributed by atoms with Gasteiger partial charge in [0.25, 0.3) is 5.91 Å². The van der Waals surface area contributed by atoms with E-state index in [4.69, 9.17) is 9.47 Å². The quantitative estimate of drug-likeness (QED) is 0.484. The van der Waals surface area contributed by atoms with Crippen molar-refractivity contribution < 1.29 is 19.1 Å². The van der Waals surface area contributed by atoms with Gasteiger partial charge in [0.05, 0.1) is 13.1 Å². The zero-order valence-corrected chi connectivity index (χ0v) is 20.0. The van der Waals surface area contributed by atoms with Crippen molar-refractivity contribution in [2.24, 2.45) is 0 Å². The molecule has 3 aromatic rings. The van der Waals surface area contributed by atoms with Crippen LogP contribution in [0.5, 0.6) is 11.5 Å². The highest BCUT2D eigenvalue weighted by molar-refractivity contribution is 7.13. The van der Waals surface area contributed by atoms with Crippen molar-refractivity contribution in [1.29, 1.82) is 0 Å². The summed E-state index contributed by atoms with van der Waals surface area (Å²) in [6.45, 7) is 6.67. The van der Waals surface area contributed by atoms with Crippen molar-refractivity contribution in [2.45, 2.75) is 26.9 Å². The Morgan fingerprint density at radius 2 is 1.82 bits per heavy atom. The van der Waals surface area contributed by atoms with Crippen LogP contribution in [0.25, 0.3) is 0 Å². The van der Waals surface area contributed by atoms with Gasteiger partial charge in [0.1, 0.15) is 18.2 Å². The molecule has 0 aliphatic carbocycles. The number of aryl methyl sites for hydroxylation is 1. The molecule has 2 amide bonds. The molecule has 2 heterocycles. The van der Waals surface area contributed by atoms with E-state index in [1.165, 1.54) is 16.9 Å². The molecule has 0 bridgehead atoms. The first-order chi connectivity index (χ1) is 16.5. The maximum atomic E-state index is 12.6. The van der Waals surface area contributed by atoms with E-state index in [-0.39, 0.29) is 18.4 Å². The van der Waals surface area contributed by atoms with Crippen LogP contribution in [-0.2, 0) is 17.9 Å². The number of nitrogens with zero attached hydrogens (tertiary/aromatic N) is 3. The first-order valence-corrected chi connectivity index (χ1v) is 11.9. The monoisotopic (exact) mass is 481 g/mol. The standard InChI is InChI=1S/C24H27N5O4S/c1-3-29(14-21(30)26-18-8-9-19-20(12-18)33-11-10-32-19)15-22-27-28-24(34-22)23(31)25-13-17-6-4-16(2)5-7-17/h4-9,12H,3,10-11,13-15H2,1-2H3,(H,25,31)(H,26,30). The van der Waals surface area contributed by atoms with Gasteiger partial charge in [0, 0.05) is 18.3 Å². The Labute approximate surface area is 202 Å². The molecule has 1 aromatic heterocycles. The third-order valence-electron chi connectivity index (χ3n) is 5.23. The molecule has 2 aromatic carbocycles. The van der Waals surface area contributed by atoms with Crippen LogP contribution < -0.4 is 20.1 Å². The van der Waals surface area contributed by atoms with Gasteiger partial charge in [-0.15, -0.1) is 10.2 Å². The molecule has 0 radical (unpaired) electrons. The summed E-state index contributed by atoms with van der Waals surface area (Å²) in [7, 11) is 0. The van der Waals surface area contributed by atoms with E-state index in [9.17, 15) is 9.59 Å². The van der Waals surface area contributed by atoms with Crippen LogP contribution in [0, 0.1) is 6.92 Å². The molecule has 1 aliphatic heterocycles. The summed E-state index contributed by atoms with van der Waals surface area (Å²) in [5.74, 6) is 0.885. The number of benzene rings is 2. The van der Waals surface area contributed by atoms with E-state index in [1.807, 2.05) is 43.0 Å². The van der Waals surface area contributed by atoms with E-state index in [1.54, 1.807) is 18.2 Å². The number of amides is 2. The fraction of sp³-hybridized carbons (Fsp3) is 0.333. The second kappa shape index (κ2) is 11.1. The minimum absolute atomic E-state index is 0.154. The molecule has 9 nitrogen and oxygen atoms in total. The Bertz CT molecular complexity index is 1150. The van der Waals surface area contributed by atoms with Crippen LogP contribution in [0.2, 0.25) is 0 Å². The first kappa shape index (κ1) is 23.7.